The lowest BCUT2D eigenvalue weighted by atomic mass is 10.0. The Morgan fingerprint density at radius 1 is 1.56 bits per heavy atom. The van der Waals surface area contributed by atoms with Crippen LogP contribution >= 0.6 is 0 Å². The van der Waals surface area contributed by atoms with Gasteiger partial charge in [0.15, 0.2) is 0 Å². The van der Waals surface area contributed by atoms with Gasteiger partial charge in [-0.05, 0) is 39.8 Å². The zero-order valence-corrected chi connectivity index (χ0v) is 10.4. The highest BCUT2D eigenvalue weighted by atomic mass is 16.3. The number of likely N-dealkylation sites (tertiary alicyclic amines) is 1. The molecule has 0 radical (unpaired) electrons. The van der Waals surface area contributed by atoms with Crippen molar-refractivity contribution < 1.29 is 9.90 Å². The summed E-state index contributed by atoms with van der Waals surface area (Å²) in [5.74, 6) is 0.0554. The van der Waals surface area contributed by atoms with Crippen LogP contribution in [-0.4, -0.2) is 48.2 Å². The molecular weight excluding hydrogens is 204 g/mol. The summed E-state index contributed by atoms with van der Waals surface area (Å²) in [5.41, 5.74) is 0. The topological polar surface area (TPSA) is 52.6 Å². The van der Waals surface area contributed by atoms with Gasteiger partial charge in [0.25, 0.3) is 0 Å². The van der Waals surface area contributed by atoms with Crippen LogP contribution in [-0.2, 0) is 4.79 Å². The Labute approximate surface area is 98.0 Å². The molecule has 16 heavy (non-hydrogen) atoms. The number of carbonyl (C=O) groups is 1. The van der Waals surface area contributed by atoms with E-state index in [1.54, 1.807) is 6.92 Å². The number of hydrogen-bond donors (Lipinski definition) is 2. The van der Waals surface area contributed by atoms with E-state index >= 15 is 0 Å². The molecule has 4 nitrogen and oxygen atoms in total. The molecule has 0 aliphatic carbocycles. The Balaban J connectivity index is 2.15. The smallest absolute Gasteiger partial charge is 0.220 e. The van der Waals surface area contributed by atoms with Gasteiger partial charge in [0.2, 0.25) is 5.91 Å². The number of likely N-dealkylation sites (N-methyl/N-ethyl adjacent to an activating group) is 1. The number of aliphatic hydroxyl groups is 1. The first kappa shape index (κ1) is 13.5. The first-order chi connectivity index (χ1) is 7.59. The summed E-state index contributed by atoms with van der Waals surface area (Å²) >= 11 is 0. The van der Waals surface area contributed by atoms with Crippen LogP contribution in [0.1, 0.15) is 39.0 Å². The van der Waals surface area contributed by atoms with Crippen LogP contribution in [0.5, 0.6) is 0 Å². The number of nitrogens with one attached hydrogen (secondary N) is 1. The molecule has 1 rings (SSSR count). The average Bonchev–Trinajstić information content (AvgIpc) is 2.25. The number of amides is 1. The number of piperidine rings is 1. The fraction of sp³-hybridized carbons (Fsp3) is 0.917. The molecule has 1 saturated heterocycles. The number of carbonyl (C=O) groups excluding carboxylic acids is 1. The third-order valence-corrected chi connectivity index (χ3v) is 3.25. The van der Waals surface area contributed by atoms with Gasteiger partial charge in [-0.25, -0.2) is 0 Å². The van der Waals surface area contributed by atoms with Gasteiger partial charge in [0, 0.05) is 19.0 Å². The first-order valence-electron chi connectivity index (χ1n) is 6.24. The molecule has 0 saturated carbocycles. The molecule has 0 spiro atoms. The number of aliphatic hydroxyl groups excluding tert-OH is 1. The molecule has 1 heterocycles. The third kappa shape index (κ3) is 4.94. The van der Waals surface area contributed by atoms with E-state index < -0.39 is 0 Å². The summed E-state index contributed by atoms with van der Waals surface area (Å²) < 4.78 is 0. The first-order valence-corrected chi connectivity index (χ1v) is 6.24. The Kier molecular flexibility index (Phi) is 5.77. The second-order valence-corrected chi connectivity index (χ2v) is 4.82. The molecule has 2 atom stereocenters. The van der Waals surface area contributed by atoms with Gasteiger partial charge in [-0.3, -0.25) is 4.79 Å². The van der Waals surface area contributed by atoms with E-state index in [-0.39, 0.29) is 12.0 Å². The van der Waals surface area contributed by atoms with Gasteiger partial charge in [-0.1, -0.05) is 6.42 Å². The van der Waals surface area contributed by atoms with Gasteiger partial charge in [-0.2, -0.15) is 0 Å². The van der Waals surface area contributed by atoms with Gasteiger partial charge in [0.1, 0.15) is 0 Å². The van der Waals surface area contributed by atoms with Gasteiger partial charge < -0.3 is 15.3 Å². The van der Waals surface area contributed by atoms with E-state index in [2.05, 4.69) is 17.3 Å². The second kappa shape index (κ2) is 6.86. The molecule has 1 amide bonds. The largest absolute Gasteiger partial charge is 0.393 e. The van der Waals surface area contributed by atoms with Crippen molar-refractivity contribution in [3.8, 4) is 0 Å². The van der Waals surface area contributed by atoms with Crippen LogP contribution in [0, 0.1) is 0 Å². The summed E-state index contributed by atoms with van der Waals surface area (Å²) in [5, 5.41) is 12.0. The van der Waals surface area contributed by atoms with Crippen LogP contribution in [0.15, 0.2) is 0 Å². The predicted molar refractivity (Wildman–Crippen MR) is 64.2 cm³/mol. The van der Waals surface area contributed by atoms with Crippen LogP contribution in [0.3, 0.4) is 0 Å². The summed E-state index contributed by atoms with van der Waals surface area (Å²) in [4.78, 5) is 13.8. The zero-order valence-electron chi connectivity index (χ0n) is 10.4. The molecular formula is C12H24N2O2. The molecule has 1 aliphatic heterocycles. The molecule has 94 valence electrons. The molecule has 0 bridgehead atoms. The van der Waals surface area contributed by atoms with Crippen molar-refractivity contribution in [1.82, 2.24) is 10.2 Å². The van der Waals surface area contributed by atoms with Crippen molar-refractivity contribution in [2.24, 2.45) is 0 Å². The Morgan fingerprint density at radius 2 is 2.31 bits per heavy atom. The van der Waals surface area contributed by atoms with E-state index in [1.165, 1.54) is 19.3 Å². The highest BCUT2D eigenvalue weighted by Gasteiger charge is 2.19. The van der Waals surface area contributed by atoms with Crippen LogP contribution < -0.4 is 5.32 Å². The van der Waals surface area contributed by atoms with E-state index in [0.29, 0.717) is 18.9 Å². The third-order valence-electron chi connectivity index (χ3n) is 3.25. The maximum Gasteiger partial charge on any atom is 0.220 e. The normalized spacial score (nSPS) is 24.1. The van der Waals surface area contributed by atoms with Crippen molar-refractivity contribution in [3.05, 3.63) is 0 Å². The van der Waals surface area contributed by atoms with Crippen molar-refractivity contribution in [1.29, 1.82) is 0 Å². The molecule has 1 fully saturated rings. The van der Waals surface area contributed by atoms with Crippen LogP contribution in [0.2, 0.25) is 0 Å². The Bertz CT molecular complexity index is 219. The lowest BCUT2D eigenvalue weighted by molar-refractivity contribution is -0.121. The molecule has 0 aromatic carbocycles. The SMILES string of the molecule is CC(O)CCC(=O)NCC1CCCCN1C. The zero-order chi connectivity index (χ0) is 12.0. The van der Waals surface area contributed by atoms with Crippen molar-refractivity contribution in [2.45, 2.75) is 51.2 Å². The van der Waals surface area contributed by atoms with Crippen LogP contribution in [0.4, 0.5) is 0 Å². The van der Waals surface area contributed by atoms with E-state index in [4.69, 9.17) is 5.11 Å². The molecule has 0 aromatic rings. The minimum Gasteiger partial charge on any atom is -0.393 e. The van der Waals surface area contributed by atoms with E-state index in [1.807, 2.05) is 0 Å². The fourth-order valence-electron chi connectivity index (χ4n) is 2.06. The Hall–Kier alpha value is -0.610. The number of rotatable bonds is 5. The monoisotopic (exact) mass is 228 g/mol. The van der Waals surface area contributed by atoms with Crippen molar-refractivity contribution in [2.75, 3.05) is 20.1 Å². The second-order valence-electron chi connectivity index (χ2n) is 4.82. The average molecular weight is 228 g/mol. The predicted octanol–water partition coefficient (Wildman–Crippen LogP) is 0.748. The highest BCUT2D eigenvalue weighted by Crippen LogP contribution is 2.13. The Morgan fingerprint density at radius 3 is 2.94 bits per heavy atom. The van der Waals surface area contributed by atoms with Gasteiger partial charge in [-0.15, -0.1) is 0 Å². The lowest BCUT2D eigenvalue weighted by Gasteiger charge is -2.32. The molecule has 1 aliphatic rings. The molecule has 0 aromatic heterocycles. The molecule has 2 N–H and O–H groups in total. The number of nitrogens with zero attached hydrogens (tertiary/aromatic N) is 1. The highest BCUT2D eigenvalue weighted by molar-refractivity contribution is 5.75. The van der Waals surface area contributed by atoms with Gasteiger partial charge in [0.05, 0.1) is 6.10 Å². The molecule has 4 heteroatoms. The summed E-state index contributed by atoms with van der Waals surface area (Å²) in [6, 6.07) is 0.490. The standard InChI is InChI=1S/C12H24N2O2/c1-10(15)6-7-12(16)13-9-11-5-3-4-8-14(11)2/h10-11,15H,3-9H2,1-2H3,(H,13,16). The van der Waals surface area contributed by atoms with Crippen molar-refractivity contribution >= 4 is 5.91 Å². The summed E-state index contributed by atoms with van der Waals surface area (Å²) in [6.07, 6.45) is 4.29. The fourth-order valence-corrected chi connectivity index (χ4v) is 2.06. The lowest BCUT2D eigenvalue weighted by Crippen LogP contribution is -2.44. The maximum absolute atomic E-state index is 11.5. The van der Waals surface area contributed by atoms with E-state index in [9.17, 15) is 4.79 Å². The maximum atomic E-state index is 11.5. The summed E-state index contributed by atoms with van der Waals surface area (Å²) in [7, 11) is 2.12. The minimum atomic E-state index is -0.386. The number of hydrogen-bond acceptors (Lipinski definition) is 3. The van der Waals surface area contributed by atoms with Crippen LogP contribution in [0.25, 0.3) is 0 Å². The minimum absolute atomic E-state index is 0.0554. The quantitative estimate of drug-likeness (QED) is 0.730. The summed E-state index contributed by atoms with van der Waals surface area (Å²) in [6.45, 7) is 3.59. The molecule has 2 unspecified atom stereocenters. The van der Waals surface area contributed by atoms with Gasteiger partial charge >= 0.3 is 0 Å². The van der Waals surface area contributed by atoms with Crippen molar-refractivity contribution in [3.63, 3.8) is 0 Å². The van der Waals surface area contributed by atoms with E-state index in [0.717, 1.165) is 13.1 Å².